The van der Waals surface area contributed by atoms with Crippen molar-refractivity contribution in [2.75, 3.05) is 13.2 Å². The van der Waals surface area contributed by atoms with Crippen LogP contribution in [0.1, 0.15) is 37.0 Å². The van der Waals surface area contributed by atoms with Crippen LogP contribution in [0.15, 0.2) is 18.2 Å². The number of hydrogen-bond donors (Lipinski definition) is 2. The molecule has 1 saturated carbocycles. The van der Waals surface area contributed by atoms with E-state index in [4.69, 9.17) is 14.6 Å². The number of carbonyl (C=O) groups excluding carboxylic acids is 1. The fourth-order valence-electron chi connectivity index (χ4n) is 2.00. The van der Waals surface area contributed by atoms with Crippen molar-refractivity contribution in [1.29, 1.82) is 0 Å². The third-order valence-corrected chi connectivity index (χ3v) is 3.32. The normalized spacial score (nSPS) is 15.1. The summed E-state index contributed by atoms with van der Waals surface area (Å²) >= 11 is 0. The number of aliphatic carboxylic acids is 1. The van der Waals surface area contributed by atoms with E-state index in [0.717, 1.165) is 0 Å². The lowest BCUT2D eigenvalue weighted by molar-refractivity contribution is -0.140. The summed E-state index contributed by atoms with van der Waals surface area (Å²) < 4.78 is 10.9. The summed E-state index contributed by atoms with van der Waals surface area (Å²) in [5, 5.41) is 11.7. The van der Waals surface area contributed by atoms with Crippen LogP contribution < -0.4 is 14.8 Å². The Morgan fingerprint density at radius 2 is 1.81 bits per heavy atom. The number of carboxylic acids is 1. The van der Waals surface area contributed by atoms with Crippen molar-refractivity contribution < 1.29 is 24.2 Å². The maximum absolute atomic E-state index is 12.2. The van der Waals surface area contributed by atoms with E-state index in [1.54, 1.807) is 18.2 Å². The summed E-state index contributed by atoms with van der Waals surface area (Å²) in [6, 6.07) is 4.83. The first kappa shape index (κ1) is 15.2. The smallest absolute Gasteiger partial charge is 0.329 e. The molecule has 6 nitrogen and oxygen atoms in total. The molecule has 0 unspecified atom stereocenters. The first-order valence-electron chi connectivity index (χ1n) is 6.98. The highest BCUT2D eigenvalue weighted by molar-refractivity contribution is 5.99. The van der Waals surface area contributed by atoms with Gasteiger partial charge in [-0.15, -0.1) is 0 Å². The second kappa shape index (κ2) is 6.03. The fourth-order valence-corrected chi connectivity index (χ4v) is 2.00. The summed E-state index contributed by atoms with van der Waals surface area (Å²) in [6.07, 6.45) is 0.923. The Labute approximate surface area is 123 Å². The van der Waals surface area contributed by atoms with Crippen molar-refractivity contribution in [2.24, 2.45) is 0 Å². The number of carbonyl (C=O) groups is 2. The summed E-state index contributed by atoms with van der Waals surface area (Å²) in [7, 11) is 0. The van der Waals surface area contributed by atoms with Gasteiger partial charge in [0.15, 0.2) is 11.5 Å². The van der Waals surface area contributed by atoms with Crippen molar-refractivity contribution in [3.63, 3.8) is 0 Å². The van der Waals surface area contributed by atoms with Crippen LogP contribution in [0.5, 0.6) is 11.5 Å². The minimum Gasteiger partial charge on any atom is -0.490 e. The van der Waals surface area contributed by atoms with E-state index >= 15 is 0 Å². The second-order valence-electron chi connectivity index (χ2n) is 4.87. The molecule has 0 aliphatic heterocycles. The van der Waals surface area contributed by atoms with E-state index in [-0.39, 0.29) is 0 Å². The molecule has 0 spiro atoms. The van der Waals surface area contributed by atoms with Crippen LogP contribution in [-0.4, -0.2) is 35.7 Å². The number of hydrogen-bond acceptors (Lipinski definition) is 4. The number of nitrogens with one attached hydrogen (secondary N) is 1. The second-order valence-corrected chi connectivity index (χ2v) is 4.87. The molecule has 0 atom stereocenters. The number of carboxylic acid groups (broad SMARTS) is 1. The number of rotatable bonds is 7. The number of benzene rings is 1. The SMILES string of the molecule is CCOc1ccc(C(=O)NC2(C(=O)O)CC2)cc1OCC. The molecule has 1 aromatic rings. The number of ether oxygens (including phenoxy) is 2. The zero-order chi connectivity index (χ0) is 15.5. The molecule has 0 bridgehead atoms. The van der Waals surface area contributed by atoms with Crippen molar-refractivity contribution in [3.05, 3.63) is 23.8 Å². The Hall–Kier alpha value is -2.24. The molecule has 0 aromatic heterocycles. The Balaban J connectivity index is 2.17. The molecule has 0 saturated heterocycles. The maximum Gasteiger partial charge on any atom is 0.329 e. The molecule has 6 heteroatoms. The number of amides is 1. The molecule has 21 heavy (non-hydrogen) atoms. The molecular formula is C15H19NO5. The van der Waals surface area contributed by atoms with Gasteiger partial charge in [-0.05, 0) is 44.9 Å². The molecule has 1 aliphatic rings. The summed E-state index contributed by atoms with van der Waals surface area (Å²) in [6.45, 7) is 4.64. The van der Waals surface area contributed by atoms with Gasteiger partial charge in [0.2, 0.25) is 0 Å². The Bertz CT molecular complexity index is 551. The third kappa shape index (κ3) is 3.26. The fraction of sp³-hybridized carbons (Fsp3) is 0.467. The Morgan fingerprint density at radius 3 is 2.33 bits per heavy atom. The average molecular weight is 293 g/mol. The minimum absolute atomic E-state index is 0.356. The van der Waals surface area contributed by atoms with Crippen LogP contribution in [0.25, 0.3) is 0 Å². The van der Waals surface area contributed by atoms with E-state index in [1.807, 2.05) is 13.8 Å². The van der Waals surface area contributed by atoms with Crippen LogP contribution >= 0.6 is 0 Å². The lowest BCUT2D eigenvalue weighted by atomic mass is 10.1. The lowest BCUT2D eigenvalue weighted by Gasteiger charge is -2.15. The highest BCUT2D eigenvalue weighted by Crippen LogP contribution is 2.36. The zero-order valence-electron chi connectivity index (χ0n) is 12.1. The van der Waals surface area contributed by atoms with Gasteiger partial charge in [0.1, 0.15) is 5.54 Å². The lowest BCUT2D eigenvalue weighted by Crippen LogP contribution is -2.43. The molecule has 1 amide bonds. The Kier molecular flexibility index (Phi) is 4.35. The topological polar surface area (TPSA) is 84.9 Å². The van der Waals surface area contributed by atoms with Gasteiger partial charge in [-0.2, -0.15) is 0 Å². The molecule has 0 radical (unpaired) electrons. The third-order valence-electron chi connectivity index (χ3n) is 3.32. The predicted octanol–water partition coefficient (Wildman–Crippen LogP) is 1.83. The summed E-state index contributed by atoms with van der Waals surface area (Å²) in [4.78, 5) is 23.3. The monoisotopic (exact) mass is 293 g/mol. The first-order chi connectivity index (χ1) is 10.0. The molecular weight excluding hydrogens is 274 g/mol. The van der Waals surface area contributed by atoms with Gasteiger partial charge in [-0.1, -0.05) is 0 Å². The van der Waals surface area contributed by atoms with E-state index in [2.05, 4.69) is 5.32 Å². The van der Waals surface area contributed by atoms with E-state index in [9.17, 15) is 9.59 Å². The van der Waals surface area contributed by atoms with Crippen molar-refractivity contribution >= 4 is 11.9 Å². The largest absolute Gasteiger partial charge is 0.490 e. The van der Waals surface area contributed by atoms with E-state index < -0.39 is 17.4 Å². The van der Waals surface area contributed by atoms with Gasteiger partial charge < -0.3 is 19.9 Å². The highest BCUT2D eigenvalue weighted by atomic mass is 16.5. The molecule has 1 aromatic carbocycles. The van der Waals surface area contributed by atoms with Crippen LogP contribution in [0.3, 0.4) is 0 Å². The van der Waals surface area contributed by atoms with Crippen molar-refractivity contribution in [3.8, 4) is 11.5 Å². The van der Waals surface area contributed by atoms with Gasteiger partial charge >= 0.3 is 5.97 Å². The molecule has 2 N–H and O–H groups in total. The molecule has 114 valence electrons. The van der Waals surface area contributed by atoms with Gasteiger partial charge in [-0.25, -0.2) is 4.79 Å². The van der Waals surface area contributed by atoms with E-state index in [0.29, 0.717) is 43.1 Å². The minimum atomic E-state index is -1.10. The van der Waals surface area contributed by atoms with Crippen molar-refractivity contribution in [1.82, 2.24) is 5.32 Å². The van der Waals surface area contributed by atoms with Crippen LogP contribution in [-0.2, 0) is 4.79 Å². The molecule has 2 rings (SSSR count). The quantitative estimate of drug-likeness (QED) is 0.801. The average Bonchev–Trinajstić information content (AvgIpc) is 3.22. The highest BCUT2D eigenvalue weighted by Gasteiger charge is 2.51. The van der Waals surface area contributed by atoms with Gasteiger partial charge in [0.05, 0.1) is 13.2 Å². The van der Waals surface area contributed by atoms with Crippen LogP contribution in [0.2, 0.25) is 0 Å². The summed E-state index contributed by atoms with van der Waals surface area (Å²) in [5.41, 5.74) is -0.740. The van der Waals surface area contributed by atoms with Gasteiger partial charge in [-0.3, -0.25) is 4.79 Å². The van der Waals surface area contributed by atoms with Gasteiger partial charge in [0.25, 0.3) is 5.91 Å². The maximum atomic E-state index is 12.2. The molecule has 1 fully saturated rings. The van der Waals surface area contributed by atoms with Gasteiger partial charge in [0, 0.05) is 5.56 Å². The molecule has 1 aliphatic carbocycles. The predicted molar refractivity (Wildman–Crippen MR) is 75.8 cm³/mol. The first-order valence-corrected chi connectivity index (χ1v) is 6.98. The Morgan fingerprint density at radius 1 is 1.19 bits per heavy atom. The van der Waals surface area contributed by atoms with Crippen LogP contribution in [0, 0.1) is 0 Å². The summed E-state index contributed by atoms with van der Waals surface area (Å²) in [5.74, 6) is -0.367. The zero-order valence-corrected chi connectivity index (χ0v) is 12.1. The molecule has 0 heterocycles. The van der Waals surface area contributed by atoms with Crippen LogP contribution in [0.4, 0.5) is 0 Å². The van der Waals surface area contributed by atoms with Crippen molar-refractivity contribution in [2.45, 2.75) is 32.2 Å². The van der Waals surface area contributed by atoms with E-state index in [1.165, 1.54) is 0 Å². The standard InChI is InChI=1S/C15H19NO5/c1-3-20-11-6-5-10(9-12(11)21-4-2)13(17)16-15(7-8-15)14(18)19/h5-6,9H,3-4,7-8H2,1-2H3,(H,16,17)(H,18,19).